The minimum atomic E-state index is -0.488. The van der Waals surface area contributed by atoms with E-state index in [1.54, 1.807) is 0 Å². The Morgan fingerprint density at radius 1 is 1.06 bits per heavy atom. The van der Waals surface area contributed by atoms with Gasteiger partial charge < -0.3 is 13.9 Å². The van der Waals surface area contributed by atoms with Crippen molar-refractivity contribution in [3.63, 3.8) is 0 Å². The van der Waals surface area contributed by atoms with E-state index in [4.69, 9.17) is 13.9 Å². The van der Waals surface area contributed by atoms with Crippen molar-refractivity contribution in [1.82, 2.24) is 0 Å². The molecule has 0 spiro atoms. The van der Waals surface area contributed by atoms with E-state index in [-0.39, 0.29) is 53.2 Å². The number of Topliss-reactive ketones (excluding diaryl/α,β-unsaturated/α-hetero) is 1. The largest absolute Gasteiger partial charge is 0.466 e. The van der Waals surface area contributed by atoms with Gasteiger partial charge in [-0.05, 0) is 62.0 Å². The minimum Gasteiger partial charge on any atom is -0.466 e. The van der Waals surface area contributed by atoms with Gasteiger partial charge in [0.1, 0.15) is 29.5 Å². The molecule has 0 radical (unpaired) electrons. The highest BCUT2D eigenvalue weighted by Crippen LogP contribution is 2.67. The fourth-order valence-corrected chi connectivity index (χ4v) is 8.07. The van der Waals surface area contributed by atoms with E-state index in [9.17, 15) is 14.4 Å². The first-order valence-electron chi connectivity index (χ1n) is 12.7. The number of rotatable bonds is 3. The lowest BCUT2D eigenvalue weighted by molar-refractivity contribution is -0.176. The van der Waals surface area contributed by atoms with Gasteiger partial charge >= 0.3 is 11.9 Å². The lowest BCUT2D eigenvalue weighted by Gasteiger charge is -2.60. The van der Waals surface area contributed by atoms with Gasteiger partial charge in [-0.15, -0.1) is 0 Å². The maximum absolute atomic E-state index is 13.2. The summed E-state index contributed by atoms with van der Waals surface area (Å²) in [6, 6.07) is 4.04. The number of ether oxygens (including phenoxy) is 2. The van der Waals surface area contributed by atoms with Crippen LogP contribution in [-0.4, -0.2) is 29.9 Å². The lowest BCUT2D eigenvalue weighted by Crippen LogP contribution is -2.59. The zero-order valence-electron chi connectivity index (χ0n) is 20.9. The Morgan fingerprint density at radius 2 is 1.79 bits per heavy atom. The van der Waals surface area contributed by atoms with Crippen molar-refractivity contribution in [2.75, 3.05) is 0 Å². The molecule has 0 saturated heterocycles. The molecule has 0 aliphatic heterocycles. The van der Waals surface area contributed by atoms with Crippen molar-refractivity contribution < 1.29 is 28.3 Å². The molecule has 3 saturated carbocycles. The van der Waals surface area contributed by atoms with E-state index in [2.05, 4.69) is 19.9 Å². The molecule has 6 heteroatoms. The second-order valence-corrected chi connectivity index (χ2v) is 11.5. The third-order valence-electron chi connectivity index (χ3n) is 9.48. The van der Waals surface area contributed by atoms with E-state index in [1.807, 2.05) is 19.1 Å². The number of carbonyl (C=O) groups is 3. The maximum Gasteiger partial charge on any atom is 0.302 e. The van der Waals surface area contributed by atoms with Crippen LogP contribution in [0.4, 0.5) is 0 Å². The van der Waals surface area contributed by atoms with Gasteiger partial charge in [0, 0.05) is 43.9 Å². The number of hydrogen-bond acceptors (Lipinski definition) is 6. The molecule has 4 aliphatic carbocycles. The number of allylic oxidation sites excluding steroid dienone is 1. The first-order valence-corrected chi connectivity index (χ1v) is 12.7. The van der Waals surface area contributed by atoms with E-state index in [0.717, 1.165) is 30.8 Å². The average molecular weight is 469 g/mol. The third-order valence-corrected chi connectivity index (χ3v) is 9.48. The molecule has 1 aromatic heterocycles. The normalized spacial score (nSPS) is 41.1. The third kappa shape index (κ3) is 3.56. The molecule has 0 bridgehead atoms. The summed E-state index contributed by atoms with van der Waals surface area (Å²) in [5.41, 5.74) is 0.583. The molecule has 6 nitrogen and oxygen atoms in total. The van der Waals surface area contributed by atoms with Crippen molar-refractivity contribution in [3.05, 3.63) is 35.3 Å². The van der Waals surface area contributed by atoms with Crippen LogP contribution in [0.3, 0.4) is 0 Å². The fraction of sp³-hybridized carbons (Fsp3) is 0.679. The highest BCUT2D eigenvalue weighted by atomic mass is 16.5. The molecule has 0 amide bonds. The van der Waals surface area contributed by atoms with Crippen LogP contribution in [0, 0.1) is 35.5 Å². The number of hydrogen-bond donors (Lipinski definition) is 0. The molecule has 5 rings (SSSR count). The molecule has 0 aromatic carbocycles. The molecule has 4 aliphatic rings. The summed E-state index contributed by atoms with van der Waals surface area (Å²) >= 11 is 0. The highest BCUT2D eigenvalue weighted by Gasteiger charge is 2.65. The van der Waals surface area contributed by atoms with Crippen LogP contribution in [-0.2, 0) is 23.9 Å². The second-order valence-electron chi connectivity index (χ2n) is 11.5. The predicted molar refractivity (Wildman–Crippen MR) is 125 cm³/mol. The maximum atomic E-state index is 13.2. The van der Waals surface area contributed by atoms with Gasteiger partial charge in [0.2, 0.25) is 0 Å². The van der Waals surface area contributed by atoms with Gasteiger partial charge in [-0.3, -0.25) is 14.4 Å². The predicted octanol–water partition coefficient (Wildman–Crippen LogP) is 5.29. The summed E-state index contributed by atoms with van der Waals surface area (Å²) in [6.07, 6.45) is 6.24. The molecule has 8 atom stereocenters. The fourth-order valence-electron chi connectivity index (χ4n) is 8.07. The Labute approximate surface area is 201 Å². The second kappa shape index (κ2) is 8.10. The summed E-state index contributed by atoms with van der Waals surface area (Å²) in [7, 11) is 0. The Hall–Kier alpha value is -2.37. The van der Waals surface area contributed by atoms with Crippen molar-refractivity contribution in [1.29, 1.82) is 0 Å². The molecule has 1 heterocycles. The van der Waals surface area contributed by atoms with Crippen LogP contribution >= 0.6 is 0 Å². The molecule has 0 N–H and O–H groups in total. The molecule has 3 fully saturated rings. The Bertz CT molecular complexity index is 1050. The molecular weight excluding hydrogens is 432 g/mol. The topological polar surface area (TPSA) is 82.8 Å². The number of ketones is 1. The monoisotopic (exact) mass is 468 g/mol. The summed E-state index contributed by atoms with van der Waals surface area (Å²) < 4.78 is 17.8. The zero-order chi connectivity index (χ0) is 24.4. The van der Waals surface area contributed by atoms with Crippen molar-refractivity contribution in [2.45, 2.75) is 91.3 Å². The van der Waals surface area contributed by atoms with E-state index < -0.39 is 5.41 Å². The lowest BCUT2D eigenvalue weighted by atomic mass is 9.45. The van der Waals surface area contributed by atoms with Crippen LogP contribution < -0.4 is 0 Å². The number of fused-ring (bicyclic) bond motifs is 5. The zero-order valence-corrected chi connectivity index (χ0v) is 20.9. The Balaban J connectivity index is 1.66. The van der Waals surface area contributed by atoms with Crippen molar-refractivity contribution >= 4 is 17.7 Å². The van der Waals surface area contributed by atoms with Gasteiger partial charge in [-0.1, -0.05) is 25.5 Å². The average Bonchev–Trinajstić information content (AvgIpc) is 3.30. The van der Waals surface area contributed by atoms with E-state index in [1.165, 1.54) is 19.4 Å². The van der Waals surface area contributed by atoms with Crippen LogP contribution in [0.5, 0.6) is 0 Å². The van der Waals surface area contributed by atoms with E-state index >= 15 is 0 Å². The van der Waals surface area contributed by atoms with E-state index in [0.29, 0.717) is 25.0 Å². The molecule has 34 heavy (non-hydrogen) atoms. The number of carbonyl (C=O) groups excluding carboxylic acids is 3. The van der Waals surface area contributed by atoms with Gasteiger partial charge in [-0.25, -0.2) is 0 Å². The van der Waals surface area contributed by atoms with Gasteiger partial charge in [-0.2, -0.15) is 0 Å². The van der Waals surface area contributed by atoms with Gasteiger partial charge in [0.05, 0.1) is 0 Å². The Kier molecular flexibility index (Phi) is 5.57. The first-order chi connectivity index (χ1) is 16.0. The minimum absolute atomic E-state index is 0.00793. The molecule has 1 aromatic rings. The SMILES string of the molecule is CC(=O)OC1CCC2(C)C(=C[C@@H](c3ccc(C)o3)C3C2[C@H](OC(C)=O)CC2(C)C(=O)CC[C@@H]32)C1. The van der Waals surface area contributed by atoms with Crippen LogP contribution in [0.15, 0.2) is 28.2 Å². The molecular formula is C28H36O6. The number of esters is 2. The first kappa shape index (κ1) is 23.4. The highest BCUT2D eigenvalue weighted by molar-refractivity contribution is 5.87. The van der Waals surface area contributed by atoms with Crippen molar-refractivity contribution in [3.8, 4) is 0 Å². The van der Waals surface area contributed by atoms with Crippen LogP contribution in [0.2, 0.25) is 0 Å². The summed E-state index contributed by atoms with van der Waals surface area (Å²) in [5, 5.41) is 0. The summed E-state index contributed by atoms with van der Waals surface area (Å²) in [5.74, 6) is 1.93. The molecule has 5 unspecified atom stereocenters. The number of furan rings is 1. The summed E-state index contributed by atoms with van der Waals surface area (Å²) in [6.45, 7) is 9.25. The van der Waals surface area contributed by atoms with Gasteiger partial charge in [0.15, 0.2) is 0 Å². The van der Waals surface area contributed by atoms with Crippen molar-refractivity contribution in [2.24, 2.45) is 28.6 Å². The van der Waals surface area contributed by atoms with Crippen LogP contribution in [0.25, 0.3) is 0 Å². The molecule has 184 valence electrons. The quantitative estimate of drug-likeness (QED) is 0.443. The smallest absolute Gasteiger partial charge is 0.302 e. The Morgan fingerprint density at radius 3 is 2.44 bits per heavy atom. The number of aryl methyl sites for hydroxylation is 1. The van der Waals surface area contributed by atoms with Crippen LogP contribution in [0.1, 0.15) is 83.7 Å². The summed E-state index contributed by atoms with van der Waals surface area (Å²) in [4.78, 5) is 37.1. The standard InChI is InChI=1S/C28H36O6/c1-15-6-8-22(32-15)20-13-18-12-19(33-16(2)29)10-11-27(18,4)26-23(34-17(3)30)14-28(5)21(25(20)26)7-9-24(28)31/h6,8,13,19-21,23,25-26H,7,9-12,14H2,1-5H3/t19?,20-,21-,23+,25?,26?,27?,28?/m0/s1. The van der Waals surface area contributed by atoms with Gasteiger partial charge in [0.25, 0.3) is 0 Å².